The fraction of sp³-hybridized carbons (Fsp3) is 0.360. The van der Waals surface area contributed by atoms with Crippen molar-refractivity contribution in [3.8, 4) is 0 Å². The highest BCUT2D eigenvalue weighted by Crippen LogP contribution is 2.20. The number of amides is 1. The topological polar surface area (TPSA) is 94.7 Å². The fourth-order valence-electron chi connectivity index (χ4n) is 4.07. The number of benzene rings is 2. The Kier molecular flexibility index (Phi) is 8.10. The van der Waals surface area contributed by atoms with Gasteiger partial charge in [0, 0.05) is 18.5 Å². The van der Waals surface area contributed by atoms with E-state index in [2.05, 4.69) is 5.32 Å². The molecule has 0 atom stereocenters. The molecule has 178 valence electrons. The van der Waals surface area contributed by atoms with Gasteiger partial charge in [-0.3, -0.25) is 19.0 Å². The standard InChI is InChI=1S/C25H28N4O4S/c1-18(30)19-7-2-4-9-21(19)26-23(31)17-34-25-27-22-10-5-3-8-20(22)24(32)29(25)12-6-11-28-13-15-33-16-14-28/h2-5,7-10H,6,11-17H2,1H3,(H,26,31)/p+1. The van der Waals surface area contributed by atoms with E-state index >= 15 is 0 Å². The van der Waals surface area contributed by atoms with Crippen LogP contribution in [0.5, 0.6) is 0 Å². The first kappa shape index (κ1) is 24.1. The molecule has 3 aromatic rings. The van der Waals surface area contributed by atoms with Crippen LogP contribution in [0.3, 0.4) is 0 Å². The number of quaternary nitrogens is 1. The quantitative estimate of drug-likeness (QED) is 0.274. The number of Topliss-reactive ketones (excluding diaryl/α,β-unsaturated/α-hetero) is 1. The van der Waals surface area contributed by atoms with Crippen LogP contribution in [0.2, 0.25) is 0 Å². The van der Waals surface area contributed by atoms with Crippen LogP contribution in [0.4, 0.5) is 5.69 Å². The summed E-state index contributed by atoms with van der Waals surface area (Å²) >= 11 is 1.23. The number of para-hydroxylation sites is 2. The number of hydrogen-bond acceptors (Lipinski definition) is 6. The van der Waals surface area contributed by atoms with Gasteiger partial charge in [-0.2, -0.15) is 0 Å². The van der Waals surface area contributed by atoms with Crippen LogP contribution < -0.4 is 15.8 Å². The van der Waals surface area contributed by atoms with Crippen LogP contribution in [-0.4, -0.2) is 59.8 Å². The number of nitrogens with one attached hydrogen (secondary N) is 2. The van der Waals surface area contributed by atoms with Crippen LogP contribution in [0.25, 0.3) is 10.9 Å². The van der Waals surface area contributed by atoms with Gasteiger partial charge in [-0.25, -0.2) is 4.98 Å². The molecule has 0 radical (unpaired) electrons. The Morgan fingerprint density at radius 3 is 2.65 bits per heavy atom. The third-order valence-corrected chi connectivity index (χ3v) is 6.83. The zero-order valence-corrected chi connectivity index (χ0v) is 20.0. The third kappa shape index (κ3) is 5.91. The molecule has 1 aliphatic heterocycles. The van der Waals surface area contributed by atoms with Gasteiger partial charge in [-0.1, -0.05) is 36.0 Å². The normalized spacial score (nSPS) is 14.3. The SMILES string of the molecule is CC(=O)c1ccccc1NC(=O)CSc1nc2ccccc2c(=O)n1CCC[NH+]1CCOCC1. The summed E-state index contributed by atoms with van der Waals surface area (Å²) in [6.45, 7) is 6.47. The number of carbonyl (C=O) groups is 2. The summed E-state index contributed by atoms with van der Waals surface area (Å²) < 4.78 is 7.11. The molecule has 0 aliphatic carbocycles. The highest BCUT2D eigenvalue weighted by atomic mass is 32.2. The molecule has 8 nitrogen and oxygen atoms in total. The van der Waals surface area contributed by atoms with Gasteiger partial charge in [0.2, 0.25) is 5.91 Å². The number of thioether (sulfide) groups is 1. The molecule has 0 saturated carbocycles. The summed E-state index contributed by atoms with van der Waals surface area (Å²) in [4.78, 5) is 43.9. The number of ether oxygens (including phenoxy) is 1. The number of nitrogens with zero attached hydrogens (tertiary/aromatic N) is 2. The van der Waals surface area contributed by atoms with E-state index in [1.807, 2.05) is 18.2 Å². The van der Waals surface area contributed by atoms with E-state index in [1.165, 1.54) is 23.6 Å². The number of morpholine rings is 1. The largest absolute Gasteiger partial charge is 0.370 e. The summed E-state index contributed by atoms with van der Waals surface area (Å²) in [6, 6.07) is 14.2. The van der Waals surface area contributed by atoms with Crippen LogP contribution in [-0.2, 0) is 16.1 Å². The molecule has 0 unspecified atom stereocenters. The first-order chi connectivity index (χ1) is 16.5. The number of fused-ring (bicyclic) bond motifs is 1. The van der Waals surface area contributed by atoms with Crippen molar-refractivity contribution in [3.05, 3.63) is 64.4 Å². The molecule has 2 N–H and O–H groups in total. The molecule has 34 heavy (non-hydrogen) atoms. The predicted molar refractivity (Wildman–Crippen MR) is 133 cm³/mol. The zero-order valence-electron chi connectivity index (χ0n) is 19.2. The number of carbonyl (C=O) groups excluding carboxylic acids is 2. The van der Waals surface area contributed by atoms with E-state index < -0.39 is 0 Å². The summed E-state index contributed by atoms with van der Waals surface area (Å²) in [6.07, 6.45) is 0.834. The summed E-state index contributed by atoms with van der Waals surface area (Å²) in [7, 11) is 0. The molecule has 2 aromatic carbocycles. The lowest BCUT2D eigenvalue weighted by molar-refractivity contribution is -0.908. The third-order valence-electron chi connectivity index (χ3n) is 5.85. The zero-order chi connectivity index (χ0) is 23.9. The van der Waals surface area contributed by atoms with Crippen molar-refractivity contribution in [1.29, 1.82) is 0 Å². The highest BCUT2D eigenvalue weighted by molar-refractivity contribution is 7.99. The molecule has 0 bridgehead atoms. The van der Waals surface area contributed by atoms with Crippen LogP contribution in [0, 0.1) is 0 Å². The monoisotopic (exact) mass is 481 g/mol. The lowest BCUT2D eigenvalue weighted by atomic mass is 10.1. The molecular weight excluding hydrogens is 452 g/mol. The molecule has 9 heteroatoms. The lowest BCUT2D eigenvalue weighted by Gasteiger charge is -2.24. The number of ketones is 1. The predicted octanol–water partition coefficient (Wildman–Crippen LogP) is 1.64. The van der Waals surface area contributed by atoms with Gasteiger partial charge in [-0.15, -0.1) is 0 Å². The van der Waals surface area contributed by atoms with Gasteiger partial charge in [0.05, 0.1) is 42.1 Å². The maximum absolute atomic E-state index is 13.2. The first-order valence-electron chi connectivity index (χ1n) is 11.5. The minimum absolute atomic E-state index is 0.0751. The maximum atomic E-state index is 13.2. The fourth-order valence-corrected chi connectivity index (χ4v) is 4.89. The number of hydrogen-bond donors (Lipinski definition) is 2. The van der Waals surface area contributed by atoms with Crippen molar-refractivity contribution in [2.24, 2.45) is 0 Å². The average Bonchev–Trinajstić information content (AvgIpc) is 2.85. The van der Waals surface area contributed by atoms with E-state index in [0.717, 1.165) is 39.3 Å². The van der Waals surface area contributed by atoms with Gasteiger partial charge in [-0.05, 0) is 31.2 Å². The highest BCUT2D eigenvalue weighted by Gasteiger charge is 2.17. The van der Waals surface area contributed by atoms with E-state index in [-0.39, 0.29) is 23.0 Å². The smallest absolute Gasteiger partial charge is 0.262 e. The molecule has 1 amide bonds. The molecule has 1 aromatic heterocycles. The van der Waals surface area contributed by atoms with Gasteiger partial charge in [0.25, 0.3) is 5.56 Å². The van der Waals surface area contributed by atoms with Crippen LogP contribution in [0.1, 0.15) is 23.7 Å². The van der Waals surface area contributed by atoms with Crippen LogP contribution in [0.15, 0.2) is 58.5 Å². The van der Waals surface area contributed by atoms with Gasteiger partial charge in [0.1, 0.15) is 13.1 Å². The lowest BCUT2D eigenvalue weighted by Crippen LogP contribution is -3.14. The van der Waals surface area contributed by atoms with Gasteiger partial charge < -0.3 is 15.0 Å². The van der Waals surface area contributed by atoms with Crippen molar-refractivity contribution < 1.29 is 19.2 Å². The Bertz CT molecular complexity index is 1240. The van der Waals surface area contributed by atoms with Crippen LogP contribution >= 0.6 is 11.8 Å². The minimum Gasteiger partial charge on any atom is -0.370 e. The molecule has 2 heterocycles. The average molecular weight is 482 g/mol. The Labute approximate surface area is 202 Å². The second-order valence-corrected chi connectivity index (χ2v) is 9.22. The molecule has 1 fully saturated rings. The van der Waals surface area contributed by atoms with Crippen molar-refractivity contribution in [2.75, 3.05) is 43.9 Å². The Morgan fingerprint density at radius 1 is 1.12 bits per heavy atom. The van der Waals surface area contributed by atoms with Gasteiger partial charge >= 0.3 is 0 Å². The number of rotatable bonds is 9. The Morgan fingerprint density at radius 2 is 1.85 bits per heavy atom. The molecule has 1 aliphatic rings. The van der Waals surface area contributed by atoms with Crippen molar-refractivity contribution in [3.63, 3.8) is 0 Å². The maximum Gasteiger partial charge on any atom is 0.262 e. The molecule has 0 spiro atoms. The van der Waals surface area contributed by atoms with E-state index in [9.17, 15) is 14.4 Å². The summed E-state index contributed by atoms with van der Waals surface area (Å²) in [5, 5.41) is 3.91. The number of anilines is 1. The van der Waals surface area contributed by atoms with Gasteiger partial charge in [0.15, 0.2) is 10.9 Å². The van der Waals surface area contributed by atoms with E-state index in [0.29, 0.717) is 33.9 Å². The molecule has 4 rings (SSSR count). The second kappa shape index (κ2) is 11.4. The summed E-state index contributed by atoms with van der Waals surface area (Å²) in [5.41, 5.74) is 1.48. The van der Waals surface area contributed by atoms with Crippen molar-refractivity contribution in [2.45, 2.75) is 25.0 Å². The minimum atomic E-state index is -0.259. The Hall–Kier alpha value is -3.01. The van der Waals surface area contributed by atoms with E-state index in [1.54, 1.807) is 34.9 Å². The van der Waals surface area contributed by atoms with Crippen molar-refractivity contribution in [1.82, 2.24) is 9.55 Å². The molecule has 1 saturated heterocycles. The van der Waals surface area contributed by atoms with Crippen molar-refractivity contribution >= 4 is 40.0 Å². The first-order valence-corrected chi connectivity index (χ1v) is 12.4. The Balaban J connectivity index is 1.49. The van der Waals surface area contributed by atoms with E-state index in [4.69, 9.17) is 9.72 Å². The summed E-state index contributed by atoms with van der Waals surface area (Å²) in [5.74, 6) is -0.299. The second-order valence-electron chi connectivity index (χ2n) is 8.27. The number of aromatic nitrogens is 2. The molecular formula is C25H29N4O4S+.